The zero-order valence-electron chi connectivity index (χ0n) is 12.9. The van der Waals surface area contributed by atoms with Gasteiger partial charge >= 0.3 is 6.09 Å². The molecule has 0 spiro atoms. The largest absolute Gasteiger partial charge is 0.442 e. The molecule has 0 saturated carbocycles. The molecule has 0 radical (unpaired) electrons. The highest BCUT2D eigenvalue weighted by Gasteiger charge is 2.20. The molecule has 0 saturated heterocycles. The Labute approximate surface area is 127 Å². The molecule has 0 unspecified atom stereocenters. The number of aryl methyl sites for hydroxylation is 1. The van der Waals surface area contributed by atoms with Crippen molar-refractivity contribution in [2.24, 2.45) is 0 Å². The SMILES string of the molecule is Cc1cc(-c2ccc([N+](=O)[O-])cc2)nn1C(=O)OC(C)(C)C. The zero-order chi connectivity index (χ0) is 16.5. The summed E-state index contributed by atoms with van der Waals surface area (Å²) in [5.41, 5.74) is 1.27. The Morgan fingerprint density at radius 1 is 1.27 bits per heavy atom. The van der Waals surface area contributed by atoms with Crippen LogP contribution in [0.1, 0.15) is 26.5 Å². The molecule has 7 heteroatoms. The Hall–Kier alpha value is -2.70. The van der Waals surface area contributed by atoms with Crippen molar-refractivity contribution in [3.63, 3.8) is 0 Å². The highest BCUT2D eigenvalue weighted by atomic mass is 16.6. The lowest BCUT2D eigenvalue weighted by atomic mass is 10.1. The number of non-ortho nitro benzene ring substituents is 1. The average molecular weight is 303 g/mol. The molecule has 116 valence electrons. The number of hydrogen-bond donors (Lipinski definition) is 0. The highest BCUT2D eigenvalue weighted by molar-refractivity contribution is 5.73. The smallest absolute Gasteiger partial charge is 0.435 e. The van der Waals surface area contributed by atoms with Crippen LogP contribution >= 0.6 is 0 Å². The van der Waals surface area contributed by atoms with E-state index in [-0.39, 0.29) is 5.69 Å². The molecule has 1 aromatic carbocycles. The lowest BCUT2D eigenvalue weighted by Crippen LogP contribution is -2.28. The fourth-order valence-electron chi connectivity index (χ4n) is 1.86. The molecule has 2 rings (SSSR count). The molecule has 1 heterocycles. The van der Waals surface area contributed by atoms with E-state index in [1.165, 1.54) is 16.8 Å². The van der Waals surface area contributed by atoms with Gasteiger partial charge in [0.1, 0.15) is 5.60 Å². The summed E-state index contributed by atoms with van der Waals surface area (Å²) in [6, 6.07) is 7.72. The summed E-state index contributed by atoms with van der Waals surface area (Å²) in [5, 5.41) is 14.9. The number of rotatable bonds is 2. The molecule has 2 aromatic rings. The third kappa shape index (κ3) is 3.49. The number of nitrogens with zero attached hydrogens (tertiary/aromatic N) is 3. The van der Waals surface area contributed by atoms with Crippen LogP contribution in [0.4, 0.5) is 10.5 Å². The Bertz CT molecular complexity index is 711. The Balaban J connectivity index is 2.29. The molecule has 22 heavy (non-hydrogen) atoms. The number of carbonyl (C=O) groups is 1. The van der Waals surface area contributed by atoms with Crippen molar-refractivity contribution in [3.8, 4) is 11.3 Å². The van der Waals surface area contributed by atoms with Crippen LogP contribution < -0.4 is 0 Å². The molecule has 7 nitrogen and oxygen atoms in total. The number of ether oxygens (including phenoxy) is 1. The van der Waals surface area contributed by atoms with Crippen LogP contribution in [0.25, 0.3) is 11.3 Å². The fraction of sp³-hybridized carbons (Fsp3) is 0.333. The number of nitro groups is 1. The van der Waals surface area contributed by atoms with Gasteiger partial charge in [0, 0.05) is 23.4 Å². The molecule has 0 amide bonds. The molecule has 0 aliphatic carbocycles. The van der Waals surface area contributed by atoms with Crippen molar-refractivity contribution in [2.75, 3.05) is 0 Å². The normalized spacial score (nSPS) is 11.3. The number of carbonyl (C=O) groups excluding carboxylic acids is 1. The predicted octanol–water partition coefficient (Wildman–Crippen LogP) is 3.55. The van der Waals surface area contributed by atoms with Crippen LogP contribution in [0.5, 0.6) is 0 Å². The minimum Gasteiger partial charge on any atom is -0.442 e. The second-order valence-corrected chi connectivity index (χ2v) is 5.87. The molecule has 0 aliphatic rings. The van der Waals surface area contributed by atoms with E-state index in [0.717, 1.165) is 0 Å². The number of nitro benzene ring substituents is 1. The van der Waals surface area contributed by atoms with Crippen LogP contribution in [0.3, 0.4) is 0 Å². The first kappa shape index (κ1) is 15.7. The summed E-state index contributed by atoms with van der Waals surface area (Å²) in [4.78, 5) is 22.2. The molecule has 0 fully saturated rings. The van der Waals surface area contributed by atoms with Crippen molar-refractivity contribution in [1.82, 2.24) is 9.78 Å². The van der Waals surface area contributed by atoms with Crippen molar-refractivity contribution in [3.05, 3.63) is 46.1 Å². The topological polar surface area (TPSA) is 87.3 Å². The summed E-state index contributed by atoms with van der Waals surface area (Å²) < 4.78 is 6.46. The van der Waals surface area contributed by atoms with Crippen LogP contribution in [0, 0.1) is 17.0 Å². The predicted molar refractivity (Wildman–Crippen MR) is 80.7 cm³/mol. The van der Waals surface area contributed by atoms with Crippen molar-refractivity contribution in [2.45, 2.75) is 33.3 Å². The monoisotopic (exact) mass is 303 g/mol. The molecule has 1 aromatic heterocycles. The van der Waals surface area contributed by atoms with E-state index in [2.05, 4.69) is 5.10 Å². The molecular formula is C15H17N3O4. The maximum atomic E-state index is 12.1. The maximum absolute atomic E-state index is 12.1. The van der Waals surface area contributed by atoms with Crippen LogP contribution in [-0.2, 0) is 4.74 Å². The van der Waals surface area contributed by atoms with E-state index in [0.29, 0.717) is 17.0 Å². The number of aromatic nitrogens is 2. The Morgan fingerprint density at radius 3 is 2.36 bits per heavy atom. The lowest BCUT2D eigenvalue weighted by Gasteiger charge is -2.19. The number of hydrogen-bond acceptors (Lipinski definition) is 5. The van der Waals surface area contributed by atoms with Gasteiger partial charge in [-0.25, -0.2) is 4.79 Å². The third-order valence-corrected chi connectivity index (χ3v) is 2.83. The van der Waals surface area contributed by atoms with Crippen LogP contribution in [-0.4, -0.2) is 26.4 Å². The molecule has 0 N–H and O–H groups in total. The number of benzene rings is 1. The van der Waals surface area contributed by atoms with E-state index in [9.17, 15) is 14.9 Å². The van der Waals surface area contributed by atoms with Crippen molar-refractivity contribution in [1.29, 1.82) is 0 Å². The quantitative estimate of drug-likeness (QED) is 0.625. The van der Waals surface area contributed by atoms with Gasteiger partial charge in [0.2, 0.25) is 0 Å². The van der Waals surface area contributed by atoms with Gasteiger partial charge in [-0.15, -0.1) is 0 Å². The van der Waals surface area contributed by atoms with E-state index < -0.39 is 16.6 Å². The Morgan fingerprint density at radius 2 is 1.86 bits per heavy atom. The minimum atomic E-state index is -0.608. The first-order valence-corrected chi connectivity index (χ1v) is 6.72. The molecular weight excluding hydrogens is 286 g/mol. The second kappa shape index (κ2) is 5.59. The summed E-state index contributed by atoms with van der Waals surface area (Å²) in [6.07, 6.45) is -0.557. The van der Waals surface area contributed by atoms with Gasteiger partial charge in [-0.05, 0) is 45.9 Å². The lowest BCUT2D eigenvalue weighted by molar-refractivity contribution is -0.384. The van der Waals surface area contributed by atoms with Gasteiger partial charge in [-0.3, -0.25) is 10.1 Å². The summed E-state index contributed by atoms with van der Waals surface area (Å²) in [5.74, 6) is 0. The van der Waals surface area contributed by atoms with Crippen LogP contribution in [0.15, 0.2) is 30.3 Å². The van der Waals surface area contributed by atoms with Crippen LogP contribution in [0.2, 0.25) is 0 Å². The van der Waals surface area contributed by atoms with Crippen molar-refractivity contribution >= 4 is 11.8 Å². The standard InChI is InChI=1S/C15H17N3O4/c1-10-9-13(11-5-7-12(8-6-11)18(20)21)16-17(10)14(19)22-15(2,3)4/h5-9H,1-4H3. The van der Waals surface area contributed by atoms with E-state index in [4.69, 9.17) is 4.74 Å². The summed E-state index contributed by atoms with van der Waals surface area (Å²) >= 11 is 0. The first-order valence-electron chi connectivity index (χ1n) is 6.72. The van der Waals surface area contributed by atoms with Gasteiger partial charge in [0.15, 0.2) is 0 Å². The first-order chi connectivity index (χ1) is 10.2. The highest BCUT2D eigenvalue weighted by Crippen LogP contribution is 2.22. The second-order valence-electron chi connectivity index (χ2n) is 5.87. The minimum absolute atomic E-state index is 0.00652. The summed E-state index contributed by atoms with van der Waals surface area (Å²) in [6.45, 7) is 7.08. The zero-order valence-corrected chi connectivity index (χ0v) is 12.9. The maximum Gasteiger partial charge on any atom is 0.435 e. The van der Waals surface area contributed by atoms with Gasteiger partial charge in [0.05, 0.1) is 10.6 Å². The average Bonchev–Trinajstić information content (AvgIpc) is 2.79. The van der Waals surface area contributed by atoms with Gasteiger partial charge in [-0.1, -0.05) is 0 Å². The third-order valence-electron chi connectivity index (χ3n) is 2.83. The van der Waals surface area contributed by atoms with E-state index in [1.54, 1.807) is 45.9 Å². The molecule has 0 aliphatic heterocycles. The Kier molecular flexibility index (Phi) is 3.99. The molecule has 0 atom stereocenters. The van der Waals surface area contributed by atoms with Gasteiger partial charge in [0.25, 0.3) is 5.69 Å². The molecule has 0 bridgehead atoms. The van der Waals surface area contributed by atoms with Crippen molar-refractivity contribution < 1.29 is 14.5 Å². The van der Waals surface area contributed by atoms with E-state index >= 15 is 0 Å². The summed E-state index contributed by atoms with van der Waals surface area (Å²) in [7, 11) is 0. The van der Waals surface area contributed by atoms with Gasteiger partial charge in [-0.2, -0.15) is 9.78 Å². The fourth-order valence-corrected chi connectivity index (χ4v) is 1.86. The van der Waals surface area contributed by atoms with E-state index in [1.807, 2.05) is 0 Å². The van der Waals surface area contributed by atoms with Gasteiger partial charge < -0.3 is 4.74 Å².